The van der Waals surface area contributed by atoms with Crippen molar-refractivity contribution in [3.05, 3.63) is 36.8 Å². The van der Waals surface area contributed by atoms with E-state index in [1.807, 2.05) is 32.0 Å². The first-order valence-electron chi connectivity index (χ1n) is 8.55. The van der Waals surface area contributed by atoms with Crippen LogP contribution in [0.2, 0.25) is 0 Å². The molecular formula is C18H19F3N6O3. The van der Waals surface area contributed by atoms with Gasteiger partial charge in [0.25, 0.3) is 0 Å². The molecule has 0 bridgehead atoms. The molecule has 0 saturated heterocycles. The van der Waals surface area contributed by atoms with Crippen molar-refractivity contribution in [3.8, 4) is 28.4 Å². The first-order valence-corrected chi connectivity index (χ1v) is 8.55. The first-order chi connectivity index (χ1) is 14.1. The van der Waals surface area contributed by atoms with Gasteiger partial charge < -0.3 is 15.2 Å². The van der Waals surface area contributed by atoms with Gasteiger partial charge in [-0.2, -0.15) is 18.2 Å². The van der Waals surface area contributed by atoms with Crippen molar-refractivity contribution in [2.75, 3.05) is 12.4 Å². The lowest BCUT2D eigenvalue weighted by Gasteiger charge is -2.05. The summed E-state index contributed by atoms with van der Waals surface area (Å²) in [6.45, 7) is 4.06. The summed E-state index contributed by atoms with van der Waals surface area (Å²) in [5.74, 6) is -0.868. The Labute approximate surface area is 169 Å². The zero-order valence-corrected chi connectivity index (χ0v) is 16.2. The highest BCUT2D eigenvalue weighted by Crippen LogP contribution is 2.25. The van der Waals surface area contributed by atoms with E-state index >= 15 is 0 Å². The number of carbonyl (C=O) groups is 1. The Morgan fingerprint density at radius 3 is 2.53 bits per heavy atom. The third kappa shape index (κ3) is 6.43. The normalized spacial score (nSPS) is 10.9. The average Bonchev–Trinajstić information content (AvgIpc) is 3.15. The predicted molar refractivity (Wildman–Crippen MR) is 102 cm³/mol. The molecule has 0 aromatic carbocycles. The monoisotopic (exact) mass is 424 g/mol. The fourth-order valence-electron chi connectivity index (χ4n) is 2.13. The van der Waals surface area contributed by atoms with Gasteiger partial charge in [-0.05, 0) is 37.6 Å². The lowest BCUT2D eigenvalue weighted by atomic mass is 10.1. The summed E-state index contributed by atoms with van der Waals surface area (Å²) in [7, 11) is 1.62. The molecule has 0 saturated carbocycles. The van der Waals surface area contributed by atoms with E-state index in [1.165, 1.54) is 0 Å². The Hall–Kier alpha value is -3.70. The van der Waals surface area contributed by atoms with Crippen LogP contribution >= 0.6 is 0 Å². The highest BCUT2D eigenvalue weighted by molar-refractivity contribution is 5.73. The third-order valence-corrected chi connectivity index (χ3v) is 3.43. The number of H-pyrrole nitrogens is 1. The molecule has 3 rings (SSSR count). The van der Waals surface area contributed by atoms with Crippen LogP contribution in [-0.4, -0.2) is 55.6 Å². The van der Waals surface area contributed by atoms with Gasteiger partial charge in [0.15, 0.2) is 5.82 Å². The van der Waals surface area contributed by atoms with Crippen molar-refractivity contribution in [3.63, 3.8) is 0 Å². The number of nitrogens with one attached hydrogen (secondary N) is 2. The van der Waals surface area contributed by atoms with Gasteiger partial charge in [-0.3, -0.25) is 15.1 Å². The molecule has 12 heteroatoms. The van der Waals surface area contributed by atoms with Crippen LogP contribution in [0.3, 0.4) is 0 Å². The van der Waals surface area contributed by atoms with E-state index < -0.39 is 12.1 Å². The average molecular weight is 424 g/mol. The number of carboxylic acids is 1. The van der Waals surface area contributed by atoms with Crippen molar-refractivity contribution in [2.24, 2.45) is 0 Å². The number of hydrogen-bond donors (Lipinski definition) is 3. The lowest BCUT2D eigenvalue weighted by molar-refractivity contribution is -0.192. The third-order valence-electron chi connectivity index (χ3n) is 3.43. The Bertz CT molecular complexity index is 991. The molecule has 0 unspecified atom stereocenters. The van der Waals surface area contributed by atoms with Gasteiger partial charge in [-0.1, -0.05) is 0 Å². The number of aliphatic carboxylic acids is 1. The van der Waals surface area contributed by atoms with Crippen LogP contribution in [0.15, 0.2) is 36.8 Å². The maximum atomic E-state index is 10.6. The molecule has 0 aliphatic carbocycles. The second-order valence-electron chi connectivity index (χ2n) is 6.15. The number of rotatable bonds is 5. The van der Waals surface area contributed by atoms with E-state index in [4.69, 9.17) is 14.6 Å². The SMILES string of the molecule is COc1cncc(-c2ccnc(-c3nc(NC(C)C)n[nH]3)c2)c1.O=C(O)C(F)(F)F. The maximum absolute atomic E-state index is 10.6. The maximum Gasteiger partial charge on any atom is 0.490 e. The molecule has 3 heterocycles. The van der Waals surface area contributed by atoms with E-state index in [0.29, 0.717) is 17.5 Å². The second-order valence-corrected chi connectivity index (χ2v) is 6.15. The summed E-state index contributed by atoms with van der Waals surface area (Å²) in [5, 5.41) is 17.3. The number of anilines is 1. The first kappa shape index (κ1) is 22.6. The zero-order chi connectivity index (χ0) is 22.3. The van der Waals surface area contributed by atoms with Gasteiger partial charge >= 0.3 is 12.1 Å². The van der Waals surface area contributed by atoms with E-state index in [0.717, 1.165) is 16.8 Å². The summed E-state index contributed by atoms with van der Waals surface area (Å²) in [6, 6.07) is 6.05. The van der Waals surface area contributed by atoms with Gasteiger partial charge in [-0.25, -0.2) is 4.79 Å². The predicted octanol–water partition coefficient (Wildman–Crippen LogP) is 3.39. The molecule has 3 aromatic heterocycles. The Balaban J connectivity index is 0.000000396. The number of halogens is 3. The second kappa shape index (κ2) is 9.67. The van der Waals surface area contributed by atoms with Crippen LogP contribution in [0, 0.1) is 0 Å². The van der Waals surface area contributed by atoms with Crippen molar-refractivity contribution in [2.45, 2.75) is 26.1 Å². The standard InChI is InChI=1S/C16H18N6O.C2HF3O2/c1-10(2)19-16-20-15(21-22-16)14-7-11(4-5-18-14)12-6-13(23-3)9-17-8-12;3-2(4,5)1(6)7/h4-10H,1-3H3,(H2,19,20,21,22);(H,6,7). The quantitative estimate of drug-likeness (QED) is 0.569. The van der Waals surface area contributed by atoms with Crippen molar-refractivity contribution < 1.29 is 27.8 Å². The van der Waals surface area contributed by atoms with E-state index in [2.05, 4.69) is 30.5 Å². The van der Waals surface area contributed by atoms with Gasteiger partial charge in [0.2, 0.25) is 5.95 Å². The minimum absolute atomic E-state index is 0.265. The molecule has 0 atom stereocenters. The fraction of sp³-hybridized carbons (Fsp3) is 0.278. The number of nitrogens with zero attached hydrogens (tertiary/aromatic N) is 4. The van der Waals surface area contributed by atoms with Crippen molar-refractivity contribution >= 4 is 11.9 Å². The molecule has 0 aliphatic heterocycles. The van der Waals surface area contributed by atoms with Crippen LogP contribution in [0.25, 0.3) is 22.6 Å². The van der Waals surface area contributed by atoms with E-state index in [9.17, 15) is 13.2 Å². The summed E-state index contributed by atoms with van der Waals surface area (Å²) < 4.78 is 37.0. The molecular weight excluding hydrogens is 405 g/mol. The number of ether oxygens (including phenoxy) is 1. The number of carboxylic acid groups (broad SMARTS) is 1. The molecule has 0 fully saturated rings. The highest BCUT2D eigenvalue weighted by atomic mass is 19.4. The van der Waals surface area contributed by atoms with Crippen molar-refractivity contribution in [1.82, 2.24) is 25.1 Å². The number of aromatic amines is 1. The summed E-state index contributed by atoms with van der Waals surface area (Å²) in [5.41, 5.74) is 2.65. The molecule has 3 N–H and O–H groups in total. The van der Waals surface area contributed by atoms with Crippen LogP contribution < -0.4 is 10.1 Å². The molecule has 0 amide bonds. The molecule has 30 heavy (non-hydrogen) atoms. The van der Waals surface area contributed by atoms with Crippen LogP contribution in [0.4, 0.5) is 19.1 Å². The number of pyridine rings is 2. The van der Waals surface area contributed by atoms with Gasteiger partial charge in [0, 0.05) is 24.0 Å². The molecule has 160 valence electrons. The number of methoxy groups -OCH3 is 1. The lowest BCUT2D eigenvalue weighted by Crippen LogP contribution is -2.21. The van der Waals surface area contributed by atoms with Crippen LogP contribution in [-0.2, 0) is 4.79 Å². The Morgan fingerprint density at radius 1 is 1.23 bits per heavy atom. The van der Waals surface area contributed by atoms with Crippen LogP contribution in [0.5, 0.6) is 5.75 Å². The summed E-state index contributed by atoms with van der Waals surface area (Å²) >= 11 is 0. The zero-order valence-electron chi connectivity index (χ0n) is 16.2. The molecule has 3 aromatic rings. The summed E-state index contributed by atoms with van der Waals surface area (Å²) in [6.07, 6.45) is 0.113. The molecule has 0 spiro atoms. The minimum atomic E-state index is -5.08. The van der Waals surface area contributed by atoms with Crippen LogP contribution in [0.1, 0.15) is 13.8 Å². The van der Waals surface area contributed by atoms with Gasteiger partial charge in [-0.15, -0.1) is 5.10 Å². The minimum Gasteiger partial charge on any atom is -0.495 e. The van der Waals surface area contributed by atoms with E-state index in [1.54, 1.807) is 25.7 Å². The molecule has 9 nitrogen and oxygen atoms in total. The number of aromatic nitrogens is 5. The Kier molecular flexibility index (Phi) is 7.28. The molecule has 0 aliphatic rings. The van der Waals surface area contributed by atoms with Crippen molar-refractivity contribution in [1.29, 1.82) is 0 Å². The van der Waals surface area contributed by atoms with Gasteiger partial charge in [0.05, 0.1) is 13.3 Å². The smallest absolute Gasteiger partial charge is 0.490 e. The topological polar surface area (TPSA) is 126 Å². The van der Waals surface area contributed by atoms with Gasteiger partial charge in [0.1, 0.15) is 11.4 Å². The molecule has 0 radical (unpaired) electrons. The number of alkyl halides is 3. The largest absolute Gasteiger partial charge is 0.495 e. The fourth-order valence-corrected chi connectivity index (χ4v) is 2.13. The highest BCUT2D eigenvalue weighted by Gasteiger charge is 2.38. The number of hydrogen-bond acceptors (Lipinski definition) is 7. The van der Waals surface area contributed by atoms with E-state index in [-0.39, 0.29) is 6.04 Å². The Morgan fingerprint density at radius 2 is 1.93 bits per heavy atom. The summed E-state index contributed by atoms with van der Waals surface area (Å²) in [4.78, 5) is 21.8.